The van der Waals surface area contributed by atoms with Crippen LogP contribution in [0, 0.1) is 11.3 Å². The number of hydrogen-bond donors (Lipinski definition) is 2. The topological polar surface area (TPSA) is 82.0 Å². The number of rotatable bonds is 4. The van der Waals surface area contributed by atoms with Crippen LogP contribution < -0.4 is 10.6 Å². The van der Waals surface area contributed by atoms with Gasteiger partial charge in [0.1, 0.15) is 6.04 Å². The molecule has 1 atom stereocenters. The first kappa shape index (κ1) is 16.7. The largest absolute Gasteiger partial charge is 0.350 e. The molecule has 0 saturated carbocycles. The first-order valence-corrected chi connectivity index (χ1v) is 6.82. The molecule has 1 unspecified atom stereocenters. The van der Waals surface area contributed by atoms with E-state index in [1.54, 1.807) is 31.2 Å². The Morgan fingerprint density at radius 1 is 1.24 bits per heavy atom. The number of nitrogens with one attached hydrogen (secondary N) is 2. The number of carbonyl (C=O) groups is 2. The van der Waals surface area contributed by atoms with E-state index < -0.39 is 6.04 Å². The first-order chi connectivity index (χ1) is 9.71. The number of nitrogens with zero attached hydrogens (tertiary/aromatic N) is 1. The van der Waals surface area contributed by atoms with E-state index in [1.165, 1.54) is 0 Å². The van der Waals surface area contributed by atoms with E-state index in [4.69, 9.17) is 5.26 Å². The molecule has 0 aliphatic carbocycles. The fourth-order valence-corrected chi connectivity index (χ4v) is 1.72. The predicted octanol–water partition coefficient (Wildman–Crippen LogP) is 1.52. The Labute approximate surface area is 125 Å². The molecular weight excluding hydrogens is 266 g/mol. The summed E-state index contributed by atoms with van der Waals surface area (Å²) in [5, 5.41) is 14.2. The molecule has 0 spiro atoms. The molecular formula is C16H21N3O2. The number of benzene rings is 1. The molecule has 0 aromatic heterocycles. The Bertz CT molecular complexity index is 550. The summed E-state index contributed by atoms with van der Waals surface area (Å²) in [7, 11) is 0. The SMILES string of the molecule is CC(NC(=O)Cc1ccc(C#N)cc1)C(=O)NC(C)(C)C. The second kappa shape index (κ2) is 6.89. The third-order valence-corrected chi connectivity index (χ3v) is 2.72. The minimum absolute atomic E-state index is 0.179. The number of amides is 2. The maximum atomic E-state index is 11.9. The third kappa shape index (κ3) is 6.09. The predicted molar refractivity (Wildman–Crippen MR) is 80.4 cm³/mol. The lowest BCUT2D eigenvalue weighted by molar-refractivity contribution is -0.129. The van der Waals surface area contributed by atoms with Crippen LogP contribution in [0.3, 0.4) is 0 Å². The Balaban J connectivity index is 2.53. The van der Waals surface area contributed by atoms with Gasteiger partial charge in [0.15, 0.2) is 0 Å². The maximum absolute atomic E-state index is 11.9. The van der Waals surface area contributed by atoms with Crippen molar-refractivity contribution in [2.75, 3.05) is 0 Å². The van der Waals surface area contributed by atoms with E-state index >= 15 is 0 Å². The minimum Gasteiger partial charge on any atom is -0.350 e. The highest BCUT2D eigenvalue weighted by atomic mass is 16.2. The van der Waals surface area contributed by atoms with Crippen molar-refractivity contribution >= 4 is 11.8 Å². The standard InChI is InChI=1S/C16H21N3O2/c1-11(15(21)19-16(2,3)4)18-14(20)9-12-5-7-13(10-17)8-6-12/h5-8,11H,9H2,1-4H3,(H,18,20)(H,19,21). The van der Waals surface area contributed by atoms with Crippen molar-refractivity contribution in [1.29, 1.82) is 5.26 Å². The molecule has 1 aromatic rings. The fourth-order valence-electron chi connectivity index (χ4n) is 1.72. The van der Waals surface area contributed by atoms with E-state index in [2.05, 4.69) is 10.6 Å². The van der Waals surface area contributed by atoms with Crippen molar-refractivity contribution in [1.82, 2.24) is 10.6 Å². The molecule has 0 aliphatic rings. The highest BCUT2D eigenvalue weighted by Crippen LogP contribution is 2.04. The Morgan fingerprint density at radius 3 is 2.29 bits per heavy atom. The van der Waals surface area contributed by atoms with Crippen molar-refractivity contribution < 1.29 is 9.59 Å². The molecule has 112 valence electrons. The number of nitriles is 1. The smallest absolute Gasteiger partial charge is 0.242 e. The summed E-state index contributed by atoms with van der Waals surface area (Å²) in [5.41, 5.74) is 1.02. The van der Waals surface area contributed by atoms with E-state index in [1.807, 2.05) is 26.8 Å². The highest BCUT2D eigenvalue weighted by Gasteiger charge is 2.20. The average molecular weight is 287 g/mol. The maximum Gasteiger partial charge on any atom is 0.242 e. The van der Waals surface area contributed by atoms with Crippen LogP contribution >= 0.6 is 0 Å². The molecule has 0 aliphatic heterocycles. The molecule has 2 amide bonds. The summed E-state index contributed by atoms with van der Waals surface area (Å²) in [5.74, 6) is -0.438. The second-order valence-corrected chi connectivity index (χ2v) is 6.01. The van der Waals surface area contributed by atoms with E-state index in [9.17, 15) is 9.59 Å². The van der Waals surface area contributed by atoms with Gasteiger partial charge in [-0.2, -0.15) is 5.26 Å². The van der Waals surface area contributed by atoms with Crippen LogP contribution in [-0.2, 0) is 16.0 Å². The van der Waals surface area contributed by atoms with Gasteiger partial charge >= 0.3 is 0 Å². The molecule has 0 fully saturated rings. The van der Waals surface area contributed by atoms with Crippen LogP contribution in [0.1, 0.15) is 38.8 Å². The van der Waals surface area contributed by atoms with E-state index in [0.29, 0.717) is 5.56 Å². The molecule has 0 saturated heterocycles. The second-order valence-electron chi connectivity index (χ2n) is 6.01. The summed E-state index contributed by atoms with van der Waals surface area (Å²) < 4.78 is 0. The zero-order valence-corrected chi connectivity index (χ0v) is 12.9. The molecule has 0 bridgehead atoms. The van der Waals surface area contributed by atoms with Crippen LogP contribution in [0.5, 0.6) is 0 Å². The van der Waals surface area contributed by atoms with Gasteiger partial charge in [0.25, 0.3) is 0 Å². The van der Waals surface area contributed by atoms with Crippen molar-refractivity contribution in [3.8, 4) is 6.07 Å². The molecule has 5 nitrogen and oxygen atoms in total. The lowest BCUT2D eigenvalue weighted by atomic mass is 10.1. The minimum atomic E-state index is -0.588. The lowest BCUT2D eigenvalue weighted by Gasteiger charge is -2.23. The summed E-state index contributed by atoms with van der Waals surface area (Å²) in [4.78, 5) is 23.8. The molecule has 5 heteroatoms. The van der Waals surface area contributed by atoms with Gasteiger partial charge in [0.2, 0.25) is 11.8 Å². The van der Waals surface area contributed by atoms with Gasteiger partial charge in [-0.15, -0.1) is 0 Å². The normalized spacial score (nSPS) is 12.1. The molecule has 21 heavy (non-hydrogen) atoms. The van der Waals surface area contributed by atoms with Gasteiger partial charge in [0.05, 0.1) is 18.1 Å². The van der Waals surface area contributed by atoms with Crippen molar-refractivity contribution in [2.24, 2.45) is 0 Å². The van der Waals surface area contributed by atoms with Crippen LogP contribution in [0.25, 0.3) is 0 Å². The van der Waals surface area contributed by atoms with Gasteiger partial charge < -0.3 is 10.6 Å². The highest BCUT2D eigenvalue weighted by molar-refractivity contribution is 5.88. The van der Waals surface area contributed by atoms with Gasteiger partial charge in [0, 0.05) is 5.54 Å². The molecule has 1 rings (SSSR count). The van der Waals surface area contributed by atoms with Gasteiger partial charge in [-0.25, -0.2) is 0 Å². The fraction of sp³-hybridized carbons (Fsp3) is 0.438. The Hall–Kier alpha value is -2.35. The Morgan fingerprint density at radius 2 is 1.81 bits per heavy atom. The molecule has 0 radical (unpaired) electrons. The van der Waals surface area contributed by atoms with Crippen LogP contribution in [0.15, 0.2) is 24.3 Å². The van der Waals surface area contributed by atoms with Gasteiger partial charge in [-0.1, -0.05) is 12.1 Å². The van der Waals surface area contributed by atoms with Crippen molar-refractivity contribution in [3.63, 3.8) is 0 Å². The molecule has 1 aromatic carbocycles. The summed E-state index contributed by atoms with van der Waals surface area (Å²) in [6.07, 6.45) is 0.179. The van der Waals surface area contributed by atoms with Crippen LogP contribution in [0.4, 0.5) is 0 Å². The third-order valence-electron chi connectivity index (χ3n) is 2.72. The van der Waals surface area contributed by atoms with Crippen LogP contribution in [-0.4, -0.2) is 23.4 Å². The molecule has 2 N–H and O–H groups in total. The first-order valence-electron chi connectivity index (χ1n) is 6.82. The van der Waals surface area contributed by atoms with E-state index in [0.717, 1.165) is 5.56 Å². The zero-order valence-electron chi connectivity index (χ0n) is 12.9. The van der Waals surface area contributed by atoms with Crippen molar-refractivity contribution in [3.05, 3.63) is 35.4 Å². The van der Waals surface area contributed by atoms with Crippen molar-refractivity contribution in [2.45, 2.75) is 45.7 Å². The summed E-state index contributed by atoms with van der Waals surface area (Å²) in [6.45, 7) is 7.31. The number of carbonyl (C=O) groups excluding carboxylic acids is 2. The number of hydrogen-bond acceptors (Lipinski definition) is 3. The quantitative estimate of drug-likeness (QED) is 0.881. The lowest BCUT2D eigenvalue weighted by Crippen LogP contribution is -2.51. The van der Waals surface area contributed by atoms with Gasteiger partial charge in [-0.3, -0.25) is 9.59 Å². The Kier molecular flexibility index (Phi) is 5.48. The van der Waals surface area contributed by atoms with E-state index in [-0.39, 0.29) is 23.8 Å². The average Bonchev–Trinajstić information content (AvgIpc) is 2.37. The summed E-state index contributed by atoms with van der Waals surface area (Å²) >= 11 is 0. The monoisotopic (exact) mass is 287 g/mol. The summed E-state index contributed by atoms with van der Waals surface area (Å²) in [6, 6.07) is 8.23. The molecule has 0 heterocycles. The van der Waals surface area contributed by atoms with Gasteiger partial charge in [-0.05, 0) is 45.4 Å². The zero-order chi connectivity index (χ0) is 16.0. The van der Waals surface area contributed by atoms with Crippen LogP contribution in [0.2, 0.25) is 0 Å².